The maximum absolute atomic E-state index is 13.9. The van der Waals surface area contributed by atoms with Gasteiger partial charge in [-0.1, -0.05) is 6.92 Å². The van der Waals surface area contributed by atoms with E-state index >= 15 is 0 Å². The molecule has 0 atom stereocenters. The van der Waals surface area contributed by atoms with Gasteiger partial charge in [-0.3, -0.25) is 0 Å². The molecule has 0 unspecified atom stereocenters. The summed E-state index contributed by atoms with van der Waals surface area (Å²) >= 11 is 5.72. The number of halogens is 2. The van der Waals surface area contributed by atoms with Gasteiger partial charge in [0, 0.05) is 37.6 Å². The van der Waals surface area contributed by atoms with Crippen LogP contribution in [-0.2, 0) is 15.9 Å². The summed E-state index contributed by atoms with van der Waals surface area (Å²) in [5, 5.41) is 0. The smallest absolute Gasteiger partial charge is 0.243 e. The Kier molecular flexibility index (Phi) is 5.24. The number of sulfonamides is 1. The summed E-state index contributed by atoms with van der Waals surface area (Å²) in [6, 6.07) is 2.77. The Balaban J connectivity index is 2.34. The third-order valence-corrected chi connectivity index (χ3v) is 6.24. The molecule has 7 heteroatoms. The van der Waals surface area contributed by atoms with Crippen LogP contribution in [0, 0.1) is 12.7 Å². The highest BCUT2D eigenvalue weighted by Crippen LogP contribution is 2.25. The van der Waals surface area contributed by atoms with Crippen LogP contribution in [0.25, 0.3) is 0 Å². The summed E-state index contributed by atoms with van der Waals surface area (Å²) in [5.41, 5.74) is 0.632. The molecule has 0 bridgehead atoms. The lowest BCUT2D eigenvalue weighted by molar-refractivity contribution is 0.196. The monoisotopic (exact) mass is 334 g/mol. The summed E-state index contributed by atoms with van der Waals surface area (Å²) < 4.78 is 40.8. The average molecular weight is 335 g/mol. The van der Waals surface area contributed by atoms with E-state index in [9.17, 15) is 12.8 Å². The molecule has 0 N–H and O–H groups in total. The molecule has 0 saturated carbocycles. The number of hydrogen-bond acceptors (Lipinski definition) is 3. The molecule has 0 aromatic heterocycles. The number of rotatable bonds is 4. The maximum atomic E-state index is 13.9. The fourth-order valence-corrected chi connectivity index (χ4v) is 4.34. The molecular weight excluding hydrogens is 315 g/mol. The highest BCUT2D eigenvalue weighted by molar-refractivity contribution is 7.89. The minimum absolute atomic E-state index is 0.0306. The molecule has 0 spiro atoms. The molecule has 1 aromatic rings. The van der Waals surface area contributed by atoms with E-state index in [1.807, 2.05) is 6.92 Å². The van der Waals surface area contributed by atoms with Crippen molar-refractivity contribution in [2.24, 2.45) is 0 Å². The van der Waals surface area contributed by atoms with E-state index in [2.05, 4.69) is 4.90 Å². The van der Waals surface area contributed by atoms with Gasteiger partial charge in [0.25, 0.3) is 0 Å². The van der Waals surface area contributed by atoms with Gasteiger partial charge in [0.1, 0.15) is 5.82 Å². The first-order valence-electron chi connectivity index (χ1n) is 6.97. The molecule has 0 aliphatic carbocycles. The van der Waals surface area contributed by atoms with Crippen LogP contribution in [0.1, 0.15) is 18.1 Å². The van der Waals surface area contributed by atoms with Crippen LogP contribution in [0.3, 0.4) is 0 Å². The fraction of sp³-hybridized carbons (Fsp3) is 0.571. The second-order valence-electron chi connectivity index (χ2n) is 5.17. The van der Waals surface area contributed by atoms with E-state index in [1.165, 1.54) is 23.4 Å². The van der Waals surface area contributed by atoms with Crippen molar-refractivity contribution in [3.8, 4) is 0 Å². The molecule has 1 aliphatic heterocycles. The molecule has 1 aromatic carbocycles. The lowest BCUT2D eigenvalue weighted by atomic mass is 10.1. The summed E-state index contributed by atoms with van der Waals surface area (Å²) in [7, 11) is -3.67. The Morgan fingerprint density at radius 2 is 1.86 bits per heavy atom. The number of alkyl halides is 1. The minimum atomic E-state index is -3.67. The number of likely N-dealkylation sites (N-methyl/N-ethyl adjacent to an activating group) is 1. The van der Waals surface area contributed by atoms with Crippen molar-refractivity contribution in [3.05, 3.63) is 29.1 Å². The van der Waals surface area contributed by atoms with Crippen LogP contribution in [0.15, 0.2) is 17.0 Å². The van der Waals surface area contributed by atoms with Crippen LogP contribution >= 0.6 is 11.6 Å². The minimum Gasteiger partial charge on any atom is -0.301 e. The predicted octanol–water partition coefficient (Wildman–Crippen LogP) is 2.20. The summed E-state index contributed by atoms with van der Waals surface area (Å²) in [4.78, 5) is 2.22. The SMILES string of the molecule is CCN1CCN(S(=O)(=O)c2cc(CCl)cc(F)c2C)CC1. The lowest BCUT2D eigenvalue weighted by Gasteiger charge is -2.33. The van der Waals surface area contributed by atoms with Crippen molar-refractivity contribution in [2.45, 2.75) is 24.6 Å². The molecule has 118 valence electrons. The highest BCUT2D eigenvalue weighted by Gasteiger charge is 2.30. The molecule has 1 heterocycles. The number of hydrogen-bond donors (Lipinski definition) is 0. The van der Waals surface area contributed by atoms with E-state index in [-0.39, 0.29) is 16.3 Å². The van der Waals surface area contributed by atoms with Crippen LogP contribution in [0.2, 0.25) is 0 Å². The molecule has 1 aliphatic rings. The van der Waals surface area contributed by atoms with Crippen LogP contribution < -0.4 is 0 Å². The second-order valence-corrected chi connectivity index (χ2v) is 7.35. The summed E-state index contributed by atoms with van der Waals surface area (Å²) in [6.45, 7) is 6.71. The highest BCUT2D eigenvalue weighted by atomic mass is 35.5. The Morgan fingerprint density at radius 1 is 1.24 bits per heavy atom. The molecule has 1 fully saturated rings. The van der Waals surface area contributed by atoms with Crippen molar-refractivity contribution < 1.29 is 12.8 Å². The van der Waals surface area contributed by atoms with E-state index in [1.54, 1.807) is 0 Å². The van der Waals surface area contributed by atoms with Gasteiger partial charge in [-0.05, 0) is 31.2 Å². The van der Waals surface area contributed by atoms with Crippen molar-refractivity contribution in [1.29, 1.82) is 0 Å². The fourth-order valence-electron chi connectivity index (χ4n) is 2.48. The molecule has 1 saturated heterocycles. The Bertz CT molecular complexity index is 614. The van der Waals surface area contributed by atoms with Crippen LogP contribution in [-0.4, -0.2) is 50.3 Å². The largest absolute Gasteiger partial charge is 0.301 e. The summed E-state index contributed by atoms with van der Waals surface area (Å²) in [5.74, 6) is -0.442. The topological polar surface area (TPSA) is 40.6 Å². The Labute approximate surface area is 130 Å². The van der Waals surface area contributed by atoms with E-state index < -0.39 is 15.8 Å². The van der Waals surface area contributed by atoms with Crippen molar-refractivity contribution in [3.63, 3.8) is 0 Å². The molecular formula is C14H20ClFN2O2S. The Hall–Kier alpha value is -0.690. The zero-order valence-corrected chi connectivity index (χ0v) is 13.8. The molecule has 0 amide bonds. The first kappa shape index (κ1) is 16.7. The van der Waals surface area contributed by atoms with Gasteiger partial charge in [-0.25, -0.2) is 12.8 Å². The van der Waals surface area contributed by atoms with Gasteiger partial charge in [0.15, 0.2) is 0 Å². The molecule has 2 rings (SSSR count). The van der Waals surface area contributed by atoms with Crippen LogP contribution in [0.5, 0.6) is 0 Å². The molecule has 0 radical (unpaired) electrons. The van der Waals surface area contributed by atoms with E-state index in [0.717, 1.165) is 6.54 Å². The van der Waals surface area contributed by atoms with Crippen molar-refractivity contribution in [2.75, 3.05) is 32.7 Å². The molecule has 4 nitrogen and oxygen atoms in total. The Morgan fingerprint density at radius 3 is 2.38 bits per heavy atom. The standard InChI is InChI=1S/C14H20ClFN2O2S/c1-3-17-4-6-18(7-5-17)21(19,20)14-9-12(10-15)8-13(16)11(14)2/h8-9H,3-7,10H2,1-2H3. The van der Waals surface area contributed by atoms with Crippen molar-refractivity contribution >= 4 is 21.6 Å². The van der Waals surface area contributed by atoms with Gasteiger partial charge in [0.2, 0.25) is 10.0 Å². The number of benzene rings is 1. The average Bonchev–Trinajstić information content (AvgIpc) is 2.49. The third-order valence-electron chi connectivity index (χ3n) is 3.91. The first-order valence-corrected chi connectivity index (χ1v) is 8.95. The predicted molar refractivity (Wildman–Crippen MR) is 81.6 cm³/mol. The van der Waals surface area contributed by atoms with E-state index in [4.69, 9.17) is 11.6 Å². The van der Waals surface area contributed by atoms with Gasteiger partial charge >= 0.3 is 0 Å². The molecule has 21 heavy (non-hydrogen) atoms. The second kappa shape index (κ2) is 6.60. The van der Waals surface area contributed by atoms with E-state index in [0.29, 0.717) is 31.7 Å². The zero-order valence-electron chi connectivity index (χ0n) is 12.3. The zero-order chi connectivity index (χ0) is 15.6. The van der Waals surface area contributed by atoms with Gasteiger partial charge in [-0.15, -0.1) is 11.6 Å². The first-order chi connectivity index (χ1) is 9.90. The van der Waals surface area contributed by atoms with Gasteiger partial charge < -0.3 is 4.90 Å². The number of piperazine rings is 1. The third kappa shape index (κ3) is 3.39. The van der Waals surface area contributed by atoms with Gasteiger partial charge in [0.05, 0.1) is 4.90 Å². The lowest BCUT2D eigenvalue weighted by Crippen LogP contribution is -2.48. The van der Waals surface area contributed by atoms with Crippen molar-refractivity contribution in [1.82, 2.24) is 9.21 Å². The number of nitrogens with zero attached hydrogens (tertiary/aromatic N) is 2. The van der Waals surface area contributed by atoms with Crippen LogP contribution in [0.4, 0.5) is 4.39 Å². The normalized spacial score (nSPS) is 18.1. The quantitative estimate of drug-likeness (QED) is 0.793. The van der Waals surface area contributed by atoms with Gasteiger partial charge in [-0.2, -0.15) is 4.31 Å². The summed E-state index contributed by atoms with van der Waals surface area (Å²) in [6.07, 6.45) is 0. The maximum Gasteiger partial charge on any atom is 0.243 e.